The van der Waals surface area contributed by atoms with Gasteiger partial charge < -0.3 is 48.7 Å². The molecule has 16 nitrogen and oxygen atoms in total. The Morgan fingerprint density at radius 3 is 1.64 bits per heavy atom. The largest absolute Gasteiger partial charge is 0.456 e. The smallest absolute Gasteiger partial charge is 0.407 e. The molecule has 2 fully saturated rings. The Morgan fingerprint density at radius 2 is 1.16 bits per heavy atom. The lowest BCUT2D eigenvalue weighted by molar-refractivity contribution is -0.136. The normalized spacial score (nSPS) is 17.7. The number of halogens is 1. The van der Waals surface area contributed by atoms with Gasteiger partial charge in [-0.15, -0.1) is 0 Å². The van der Waals surface area contributed by atoms with Gasteiger partial charge in [0.25, 0.3) is 0 Å². The van der Waals surface area contributed by atoms with E-state index in [0.717, 1.165) is 46.8 Å². The molecule has 0 saturated carbocycles. The molecule has 64 heavy (non-hydrogen) atoms. The Hall–Kier alpha value is -6.91. The van der Waals surface area contributed by atoms with Crippen LogP contribution in [0.25, 0.3) is 66.7 Å². The van der Waals surface area contributed by atoms with Gasteiger partial charge in [-0.25, -0.2) is 23.9 Å². The van der Waals surface area contributed by atoms with Crippen LogP contribution >= 0.6 is 0 Å². The van der Waals surface area contributed by atoms with Gasteiger partial charge in [0.2, 0.25) is 11.8 Å². The number of H-pyrrole nitrogens is 2. The van der Waals surface area contributed by atoms with E-state index in [-0.39, 0.29) is 46.9 Å². The van der Waals surface area contributed by atoms with Gasteiger partial charge in [-0.1, -0.05) is 27.7 Å². The summed E-state index contributed by atoms with van der Waals surface area (Å²) in [4.78, 5) is 71.5. The number of alkyl carbamates (subject to hydrolysis) is 2. The van der Waals surface area contributed by atoms with Crippen LogP contribution in [0.2, 0.25) is 0 Å². The van der Waals surface area contributed by atoms with Crippen LogP contribution in [0, 0.1) is 24.6 Å². The van der Waals surface area contributed by atoms with Gasteiger partial charge in [0.15, 0.2) is 11.6 Å². The molecule has 17 heteroatoms. The van der Waals surface area contributed by atoms with Crippen molar-refractivity contribution in [2.24, 2.45) is 11.8 Å². The second kappa shape index (κ2) is 16.7. The van der Waals surface area contributed by atoms with Gasteiger partial charge in [-0.05, 0) is 93.0 Å². The number of hydrogen-bond acceptors (Lipinski definition) is 10. The molecule has 4 amide bonds. The van der Waals surface area contributed by atoms with Crippen molar-refractivity contribution >= 4 is 68.0 Å². The SMILES string of the molecule is COC(=O)N[C@H](C(=O)N1CCCC1c1nc2ccc(-c3oc4cc5c(C)c(-c6ccc7nc(C8CCCN8C(=O)[C@H](NC(=O)OC)C(C)C)[nH]c7c6)oc5cc4c3F)cc2[nH]1)C(C)C. The van der Waals surface area contributed by atoms with E-state index in [4.69, 9.17) is 28.3 Å². The van der Waals surface area contributed by atoms with Gasteiger partial charge >= 0.3 is 12.2 Å². The number of aromatic amines is 2. The molecule has 0 bridgehead atoms. The number of imidazole rings is 2. The van der Waals surface area contributed by atoms with E-state index in [0.29, 0.717) is 64.7 Å². The third-order valence-corrected chi connectivity index (χ3v) is 12.7. The fourth-order valence-electron chi connectivity index (χ4n) is 9.28. The first-order valence-electron chi connectivity index (χ1n) is 21.7. The van der Waals surface area contributed by atoms with E-state index >= 15 is 4.39 Å². The number of carbonyl (C=O) groups is 4. The first-order chi connectivity index (χ1) is 30.7. The van der Waals surface area contributed by atoms with E-state index in [9.17, 15) is 19.2 Å². The summed E-state index contributed by atoms with van der Waals surface area (Å²) in [5.41, 5.74) is 5.86. The topological polar surface area (TPSA) is 201 Å². The highest BCUT2D eigenvalue weighted by atomic mass is 19.1. The van der Waals surface area contributed by atoms with E-state index in [1.807, 2.05) is 52.8 Å². The van der Waals surface area contributed by atoms with Crippen LogP contribution in [0.3, 0.4) is 0 Å². The Kier molecular flexibility index (Phi) is 11.0. The number of methoxy groups -OCH3 is 2. The molecule has 334 valence electrons. The number of likely N-dealkylation sites (tertiary alicyclic amines) is 2. The third kappa shape index (κ3) is 7.45. The fourth-order valence-corrected chi connectivity index (χ4v) is 9.28. The minimum atomic E-state index is -0.754. The van der Waals surface area contributed by atoms with Crippen molar-refractivity contribution in [1.29, 1.82) is 0 Å². The fraction of sp³-hybridized carbons (Fsp3) is 0.404. The summed E-state index contributed by atoms with van der Waals surface area (Å²) in [5.74, 6) is 0.757. The first kappa shape index (κ1) is 42.4. The van der Waals surface area contributed by atoms with Gasteiger partial charge in [0.05, 0.1) is 53.8 Å². The predicted octanol–water partition coefficient (Wildman–Crippen LogP) is 8.80. The van der Waals surface area contributed by atoms with E-state index in [1.54, 1.807) is 40.1 Å². The molecule has 7 aromatic rings. The van der Waals surface area contributed by atoms with Crippen LogP contribution < -0.4 is 10.6 Å². The zero-order chi connectivity index (χ0) is 45.1. The lowest BCUT2D eigenvalue weighted by Crippen LogP contribution is -2.51. The number of hydrogen-bond donors (Lipinski definition) is 4. The molecule has 4 atom stereocenters. The Balaban J connectivity index is 0.965. The van der Waals surface area contributed by atoms with Crippen LogP contribution in [0.5, 0.6) is 0 Å². The van der Waals surface area contributed by atoms with Gasteiger partial charge in [0, 0.05) is 35.2 Å². The molecule has 0 spiro atoms. The highest BCUT2D eigenvalue weighted by Gasteiger charge is 2.39. The number of aromatic nitrogens is 4. The lowest BCUT2D eigenvalue weighted by Gasteiger charge is -2.29. The zero-order valence-electron chi connectivity index (χ0n) is 36.8. The summed E-state index contributed by atoms with van der Waals surface area (Å²) < 4.78 is 38.6. The van der Waals surface area contributed by atoms with Gasteiger partial charge in [0.1, 0.15) is 40.7 Å². The minimum absolute atomic E-state index is 0.0763. The number of furan rings is 2. The van der Waals surface area contributed by atoms with Crippen LogP contribution in [-0.2, 0) is 19.1 Å². The summed E-state index contributed by atoms with van der Waals surface area (Å²) >= 11 is 0. The quantitative estimate of drug-likeness (QED) is 0.103. The lowest BCUT2D eigenvalue weighted by atomic mass is 10.0. The van der Waals surface area contributed by atoms with Crippen LogP contribution in [0.1, 0.15) is 82.7 Å². The van der Waals surface area contributed by atoms with Crippen molar-refractivity contribution in [2.45, 2.75) is 84.5 Å². The average Bonchev–Trinajstić information content (AvgIpc) is 4.15. The molecule has 0 aliphatic carbocycles. The third-order valence-electron chi connectivity index (χ3n) is 12.7. The Bertz CT molecular complexity index is 2770. The number of nitrogens with zero attached hydrogens (tertiary/aromatic N) is 4. The van der Waals surface area contributed by atoms with Crippen molar-refractivity contribution in [3.8, 4) is 22.6 Å². The number of aryl methyl sites for hydroxylation is 1. The summed E-state index contributed by atoms with van der Waals surface area (Å²) in [6.07, 6.45) is 1.68. The highest BCUT2D eigenvalue weighted by Crippen LogP contribution is 2.41. The number of benzene rings is 3. The van der Waals surface area contributed by atoms with Crippen molar-refractivity contribution in [1.82, 2.24) is 40.4 Å². The van der Waals surface area contributed by atoms with Crippen LogP contribution in [0.4, 0.5) is 14.0 Å². The van der Waals surface area contributed by atoms with Crippen molar-refractivity contribution in [3.05, 3.63) is 71.6 Å². The molecule has 2 unspecified atom stereocenters. The van der Waals surface area contributed by atoms with Crippen molar-refractivity contribution in [2.75, 3.05) is 27.3 Å². The minimum Gasteiger partial charge on any atom is -0.456 e. The summed E-state index contributed by atoms with van der Waals surface area (Å²) in [7, 11) is 2.54. The van der Waals surface area contributed by atoms with Crippen LogP contribution in [0.15, 0.2) is 57.4 Å². The van der Waals surface area contributed by atoms with Crippen molar-refractivity contribution in [3.63, 3.8) is 0 Å². The number of amides is 4. The van der Waals surface area contributed by atoms with Crippen molar-refractivity contribution < 1.29 is 41.9 Å². The summed E-state index contributed by atoms with van der Waals surface area (Å²) in [6.45, 7) is 10.5. The molecule has 4 N–H and O–H groups in total. The number of nitrogens with one attached hydrogen (secondary N) is 4. The average molecular weight is 875 g/mol. The number of fused-ring (bicyclic) bond motifs is 4. The van der Waals surface area contributed by atoms with E-state index in [2.05, 4.69) is 20.6 Å². The molecule has 3 aromatic carbocycles. The number of rotatable bonds is 10. The summed E-state index contributed by atoms with van der Waals surface area (Å²) in [5, 5.41) is 6.42. The molecule has 2 aliphatic rings. The zero-order valence-corrected chi connectivity index (χ0v) is 36.8. The molecular formula is C47H51FN8O8. The monoisotopic (exact) mass is 874 g/mol. The Labute approximate surface area is 367 Å². The Morgan fingerprint density at radius 1 is 0.703 bits per heavy atom. The molecule has 4 aromatic heterocycles. The summed E-state index contributed by atoms with van der Waals surface area (Å²) in [6, 6.07) is 12.5. The second-order valence-corrected chi connectivity index (χ2v) is 17.4. The standard InChI is InChI=1S/C47H51FN8O8/c1-22(2)38(53-46(59)61-6)44(57)55-16-8-10-33(55)42-49-29-14-12-25(18-31(29)51-42)40-24(5)27-20-36-28(21-35(27)63-40)37(48)41(64-36)26-13-15-30-32(19-26)52-43(50-30)34-11-9-17-56(34)45(58)39(23(3)4)54-47(60)62-7/h12-15,18-23,33-34,38-39H,8-11,16-17H2,1-7H3,(H,49,51)(H,50,52)(H,53,59)(H,54,60)/t33?,34?,38-,39+/m1/s1. The maximum absolute atomic E-state index is 16.4. The molecular weight excluding hydrogens is 824 g/mol. The molecule has 2 saturated heterocycles. The van der Waals surface area contributed by atoms with Crippen LogP contribution in [-0.4, -0.2) is 93.1 Å². The van der Waals surface area contributed by atoms with Gasteiger partial charge in [-0.3, -0.25) is 9.59 Å². The highest BCUT2D eigenvalue weighted by molar-refractivity contribution is 6.00. The molecule has 0 radical (unpaired) electrons. The van der Waals surface area contributed by atoms with Gasteiger partial charge in [-0.2, -0.15) is 0 Å². The maximum Gasteiger partial charge on any atom is 0.407 e. The molecule has 6 heterocycles. The van der Waals surface area contributed by atoms with E-state index < -0.39 is 30.1 Å². The number of carbonyl (C=O) groups excluding carboxylic acids is 4. The maximum atomic E-state index is 16.4. The second-order valence-electron chi connectivity index (χ2n) is 17.4. The first-order valence-corrected chi connectivity index (χ1v) is 21.7. The van der Waals surface area contributed by atoms with E-state index in [1.165, 1.54) is 14.2 Å². The molecule has 2 aliphatic heterocycles. The number of ether oxygens (including phenoxy) is 2. The predicted molar refractivity (Wildman–Crippen MR) is 237 cm³/mol. The molecule has 9 rings (SSSR count).